The molecule has 2 heteroatoms. The van der Waals surface area contributed by atoms with Gasteiger partial charge in [-0.2, -0.15) is 0 Å². The molecule has 2 aliphatic rings. The van der Waals surface area contributed by atoms with Crippen molar-refractivity contribution in [2.45, 2.75) is 77.4 Å². The van der Waals surface area contributed by atoms with E-state index in [1.807, 2.05) is 0 Å². The van der Waals surface area contributed by atoms with E-state index in [0.29, 0.717) is 11.5 Å². The second-order valence-electron chi connectivity index (χ2n) is 6.31. The lowest BCUT2D eigenvalue weighted by Gasteiger charge is -2.46. The van der Waals surface area contributed by atoms with Crippen LogP contribution >= 0.6 is 0 Å². The first-order chi connectivity index (χ1) is 8.17. The summed E-state index contributed by atoms with van der Waals surface area (Å²) in [6, 6.07) is 0.348. The summed E-state index contributed by atoms with van der Waals surface area (Å²) >= 11 is 0. The normalized spacial score (nSPS) is 29.1. The van der Waals surface area contributed by atoms with Crippen molar-refractivity contribution in [3.8, 4) is 0 Å². The van der Waals surface area contributed by atoms with Crippen LogP contribution in [0.4, 0.5) is 0 Å². The lowest BCUT2D eigenvalue weighted by atomic mass is 9.68. The zero-order valence-electron chi connectivity index (χ0n) is 11.6. The molecule has 1 spiro atoms. The van der Waals surface area contributed by atoms with Crippen molar-refractivity contribution in [1.29, 1.82) is 0 Å². The van der Waals surface area contributed by atoms with Gasteiger partial charge in [0.15, 0.2) is 0 Å². The molecule has 2 rings (SSSR count). The maximum absolute atomic E-state index is 9.94. The highest BCUT2D eigenvalue weighted by atomic mass is 16.3. The predicted molar refractivity (Wildman–Crippen MR) is 72.1 cm³/mol. The molecule has 1 saturated heterocycles. The third-order valence-electron chi connectivity index (χ3n) is 5.32. The zero-order valence-corrected chi connectivity index (χ0v) is 11.6. The van der Waals surface area contributed by atoms with Crippen molar-refractivity contribution < 1.29 is 5.11 Å². The molecule has 0 aromatic carbocycles. The van der Waals surface area contributed by atoms with Crippen molar-refractivity contribution in [3.63, 3.8) is 0 Å². The third-order valence-corrected chi connectivity index (χ3v) is 5.32. The average molecular weight is 239 g/mol. The van der Waals surface area contributed by atoms with Crippen LogP contribution in [-0.4, -0.2) is 35.2 Å². The number of aliphatic hydroxyl groups is 1. The molecule has 1 saturated carbocycles. The zero-order chi connectivity index (χ0) is 12.3. The molecule has 0 bridgehead atoms. The lowest BCUT2D eigenvalue weighted by Crippen LogP contribution is -2.48. The van der Waals surface area contributed by atoms with Crippen LogP contribution in [-0.2, 0) is 0 Å². The van der Waals surface area contributed by atoms with Gasteiger partial charge in [0.05, 0.1) is 6.10 Å². The number of likely N-dealkylation sites (tertiary alicyclic amines) is 1. The summed E-state index contributed by atoms with van der Waals surface area (Å²) in [5.41, 5.74) is 0.686. The lowest BCUT2D eigenvalue weighted by molar-refractivity contribution is 0.00247. The van der Waals surface area contributed by atoms with E-state index in [4.69, 9.17) is 0 Å². The fourth-order valence-corrected chi connectivity index (χ4v) is 3.79. The molecule has 0 aromatic heterocycles. The number of aliphatic hydroxyl groups excluding tert-OH is 1. The molecule has 2 atom stereocenters. The van der Waals surface area contributed by atoms with E-state index in [9.17, 15) is 5.11 Å². The van der Waals surface area contributed by atoms with Gasteiger partial charge in [-0.15, -0.1) is 0 Å². The van der Waals surface area contributed by atoms with E-state index in [2.05, 4.69) is 18.7 Å². The first kappa shape index (κ1) is 13.4. The molecule has 1 aliphatic heterocycles. The molecule has 2 unspecified atom stereocenters. The monoisotopic (exact) mass is 239 g/mol. The Balaban J connectivity index is 1.84. The van der Waals surface area contributed by atoms with Crippen LogP contribution in [0.5, 0.6) is 0 Å². The Kier molecular flexibility index (Phi) is 4.48. The van der Waals surface area contributed by atoms with E-state index < -0.39 is 0 Å². The fourth-order valence-electron chi connectivity index (χ4n) is 3.79. The largest absolute Gasteiger partial charge is 0.392 e. The summed E-state index contributed by atoms with van der Waals surface area (Å²) in [5.74, 6) is 0. The number of hydrogen-bond donors (Lipinski definition) is 1. The van der Waals surface area contributed by atoms with Gasteiger partial charge in [-0.3, -0.25) is 4.90 Å². The van der Waals surface area contributed by atoms with Crippen LogP contribution in [0.25, 0.3) is 0 Å². The van der Waals surface area contributed by atoms with Crippen LogP contribution < -0.4 is 0 Å². The predicted octanol–water partition coefficient (Wildman–Crippen LogP) is 3.19. The van der Waals surface area contributed by atoms with E-state index in [1.54, 1.807) is 0 Å². The van der Waals surface area contributed by atoms with Crippen LogP contribution in [0.2, 0.25) is 0 Å². The van der Waals surface area contributed by atoms with E-state index in [0.717, 1.165) is 6.42 Å². The minimum atomic E-state index is -0.143. The van der Waals surface area contributed by atoms with Crippen molar-refractivity contribution >= 4 is 0 Å². The van der Waals surface area contributed by atoms with Crippen LogP contribution in [0.1, 0.15) is 65.2 Å². The summed E-state index contributed by atoms with van der Waals surface area (Å²) in [7, 11) is 0. The molecule has 0 amide bonds. The molecule has 100 valence electrons. The Bertz CT molecular complexity index is 225. The smallest absolute Gasteiger partial charge is 0.0690 e. The minimum Gasteiger partial charge on any atom is -0.392 e. The summed E-state index contributed by atoms with van der Waals surface area (Å²) < 4.78 is 0. The number of hydrogen-bond acceptors (Lipinski definition) is 2. The van der Waals surface area contributed by atoms with E-state index in [1.165, 1.54) is 58.0 Å². The Morgan fingerprint density at radius 1 is 1.06 bits per heavy atom. The maximum Gasteiger partial charge on any atom is 0.0690 e. The molecular weight excluding hydrogens is 210 g/mol. The fraction of sp³-hybridized carbons (Fsp3) is 1.00. The summed E-state index contributed by atoms with van der Waals surface area (Å²) in [5, 5.41) is 9.94. The molecule has 2 nitrogen and oxygen atoms in total. The van der Waals surface area contributed by atoms with Crippen molar-refractivity contribution in [3.05, 3.63) is 0 Å². The number of nitrogens with zero attached hydrogens (tertiary/aromatic N) is 1. The summed E-state index contributed by atoms with van der Waals surface area (Å²) in [6.45, 7) is 6.68. The molecule has 1 N–H and O–H groups in total. The Morgan fingerprint density at radius 2 is 1.65 bits per heavy atom. The third kappa shape index (κ3) is 3.03. The standard InChI is InChI=1S/C15H29NO/c1-3-14(17)13(2)16-11-9-15(10-12-16)7-5-4-6-8-15/h13-14,17H,3-12H2,1-2H3. The number of piperidine rings is 1. The number of rotatable bonds is 3. The van der Waals surface area contributed by atoms with Gasteiger partial charge < -0.3 is 5.11 Å². The van der Waals surface area contributed by atoms with E-state index in [-0.39, 0.29) is 6.10 Å². The first-order valence-electron chi connectivity index (χ1n) is 7.59. The van der Waals surface area contributed by atoms with Crippen LogP contribution in [0.3, 0.4) is 0 Å². The molecule has 1 heterocycles. The minimum absolute atomic E-state index is 0.143. The highest BCUT2D eigenvalue weighted by Gasteiger charge is 2.37. The van der Waals surface area contributed by atoms with Gasteiger partial charge in [-0.05, 0) is 57.5 Å². The highest BCUT2D eigenvalue weighted by molar-refractivity contribution is 4.90. The summed E-state index contributed by atoms with van der Waals surface area (Å²) in [4.78, 5) is 2.51. The Labute approximate surface area is 106 Å². The molecule has 2 fully saturated rings. The summed E-state index contributed by atoms with van der Waals surface area (Å²) in [6.07, 6.45) is 10.8. The molecular formula is C15H29NO. The van der Waals surface area contributed by atoms with Crippen molar-refractivity contribution in [1.82, 2.24) is 4.90 Å². The second kappa shape index (κ2) is 5.71. The Morgan fingerprint density at radius 3 is 2.18 bits per heavy atom. The SMILES string of the molecule is CCC(O)C(C)N1CCC2(CCCCC2)CC1. The van der Waals surface area contributed by atoms with Crippen molar-refractivity contribution in [2.75, 3.05) is 13.1 Å². The van der Waals surface area contributed by atoms with Crippen LogP contribution in [0, 0.1) is 5.41 Å². The van der Waals surface area contributed by atoms with Gasteiger partial charge in [0.2, 0.25) is 0 Å². The topological polar surface area (TPSA) is 23.5 Å². The molecule has 0 aromatic rings. The van der Waals surface area contributed by atoms with Crippen molar-refractivity contribution in [2.24, 2.45) is 5.41 Å². The van der Waals surface area contributed by atoms with Gasteiger partial charge in [0.25, 0.3) is 0 Å². The van der Waals surface area contributed by atoms with E-state index >= 15 is 0 Å². The van der Waals surface area contributed by atoms with Gasteiger partial charge >= 0.3 is 0 Å². The molecule has 17 heavy (non-hydrogen) atoms. The highest BCUT2D eigenvalue weighted by Crippen LogP contribution is 2.44. The quantitative estimate of drug-likeness (QED) is 0.817. The maximum atomic E-state index is 9.94. The molecule has 0 radical (unpaired) electrons. The first-order valence-corrected chi connectivity index (χ1v) is 7.59. The van der Waals surface area contributed by atoms with Crippen LogP contribution in [0.15, 0.2) is 0 Å². The average Bonchev–Trinajstić information content (AvgIpc) is 2.39. The van der Waals surface area contributed by atoms with Gasteiger partial charge in [0, 0.05) is 6.04 Å². The Hall–Kier alpha value is -0.0800. The second-order valence-corrected chi connectivity index (χ2v) is 6.31. The van der Waals surface area contributed by atoms with Gasteiger partial charge in [-0.1, -0.05) is 26.2 Å². The van der Waals surface area contributed by atoms with Gasteiger partial charge in [-0.25, -0.2) is 0 Å². The molecule has 1 aliphatic carbocycles. The van der Waals surface area contributed by atoms with Gasteiger partial charge in [0.1, 0.15) is 0 Å².